The van der Waals surface area contributed by atoms with Gasteiger partial charge in [0.2, 0.25) is 0 Å². The maximum Gasteiger partial charge on any atom is 0.270 e. The van der Waals surface area contributed by atoms with Crippen LogP contribution in [0.3, 0.4) is 0 Å². The van der Waals surface area contributed by atoms with Gasteiger partial charge >= 0.3 is 0 Å². The zero-order valence-corrected chi connectivity index (χ0v) is 16.4. The number of pyridine rings is 1. The summed E-state index contributed by atoms with van der Waals surface area (Å²) in [6, 6.07) is 12.6. The lowest BCUT2D eigenvalue weighted by molar-refractivity contribution is -0.0371. The van der Waals surface area contributed by atoms with Crippen LogP contribution in [-0.4, -0.2) is 40.9 Å². The molecule has 2 saturated carbocycles. The van der Waals surface area contributed by atoms with Crippen molar-refractivity contribution in [3.05, 3.63) is 64.9 Å². The Labute approximate surface area is 170 Å². The van der Waals surface area contributed by atoms with Crippen LogP contribution < -0.4 is 5.32 Å². The monoisotopic (exact) mass is 400 g/mol. The van der Waals surface area contributed by atoms with E-state index in [-0.39, 0.29) is 24.0 Å². The van der Waals surface area contributed by atoms with Crippen LogP contribution in [-0.2, 0) is 4.74 Å². The van der Waals surface area contributed by atoms with Crippen LogP contribution in [0.1, 0.15) is 47.7 Å². The number of nitrogens with one attached hydrogen (secondary N) is 1. The molecule has 2 N–H and O–H groups in total. The molecule has 0 aliphatic heterocycles. The van der Waals surface area contributed by atoms with Gasteiger partial charge in [0.15, 0.2) is 0 Å². The van der Waals surface area contributed by atoms with E-state index in [0.717, 1.165) is 12.2 Å². The summed E-state index contributed by atoms with van der Waals surface area (Å²) >= 11 is 6.03. The van der Waals surface area contributed by atoms with Gasteiger partial charge in [0, 0.05) is 23.7 Å². The first kappa shape index (κ1) is 19.4. The lowest BCUT2D eigenvalue weighted by Crippen LogP contribution is -2.51. The molecule has 0 bridgehead atoms. The Morgan fingerprint density at radius 1 is 1.18 bits per heavy atom. The van der Waals surface area contributed by atoms with Crippen LogP contribution in [0.25, 0.3) is 0 Å². The van der Waals surface area contributed by atoms with E-state index < -0.39 is 6.10 Å². The molecule has 4 rings (SSSR count). The highest BCUT2D eigenvalue weighted by Gasteiger charge is 2.39. The molecule has 0 saturated heterocycles. The van der Waals surface area contributed by atoms with Crippen LogP contribution in [0.15, 0.2) is 48.7 Å². The number of nitrogens with zero attached hydrogens (tertiary/aromatic N) is 1. The minimum absolute atomic E-state index is 0.0563. The van der Waals surface area contributed by atoms with E-state index in [2.05, 4.69) is 10.3 Å². The number of amides is 1. The molecule has 28 heavy (non-hydrogen) atoms. The standard InChI is InChI=1S/C22H25ClN2O3/c23-16-8-6-15(7-9-16)17-11-20(26)19(12-21(17)28-13-14-4-5-14)25-22(27)18-3-1-2-10-24-18/h1-3,6-10,14,17,19-21,26H,4-5,11-13H2,(H,25,27)/t17?,19-,20+,21?/m1/s1. The molecule has 5 nitrogen and oxygen atoms in total. The quantitative estimate of drug-likeness (QED) is 0.777. The Balaban J connectivity index is 1.48. The van der Waals surface area contributed by atoms with Crippen LogP contribution in [0, 0.1) is 5.92 Å². The first-order valence-electron chi connectivity index (χ1n) is 9.87. The maximum atomic E-state index is 12.5. The lowest BCUT2D eigenvalue weighted by Gasteiger charge is -2.39. The van der Waals surface area contributed by atoms with Gasteiger partial charge in [-0.05, 0) is 61.4 Å². The predicted octanol–water partition coefficient (Wildman–Crippen LogP) is 3.57. The molecule has 2 aromatic rings. The second kappa shape index (κ2) is 8.60. The summed E-state index contributed by atoms with van der Waals surface area (Å²) in [5, 5.41) is 14.4. The van der Waals surface area contributed by atoms with Crippen molar-refractivity contribution in [3.63, 3.8) is 0 Å². The third kappa shape index (κ3) is 4.72. The third-order valence-electron chi connectivity index (χ3n) is 5.65. The van der Waals surface area contributed by atoms with Crippen LogP contribution in [0.4, 0.5) is 0 Å². The summed E-state index contributed by atoms with van der Waals surface area (Å²) in [4.78, 5) is 16.6. The second-order valence-corrected chi connectivity index (χ2v) is 8.24. The predicted molar refractivity (Wildman–Crippen MR) is 107 cm³/mol. The van der Waals surface area contributed by atoms with Crippen molar-refractivity contribution in [2.45, 2.75) is 49.9 Å². The van der Waals surface area contributed by atoms with Gasteiger partial charge in [-0.3, -0.25) is 9.78 Å². The Hall–Kier alpha value is -1.95. The number of aliphatic hydroxyl groups excluding tert-OH is 1. The van der Waals surface area contributed by atoms with Crippen LogP contribution >= 0.6 is 11.6 Å². The smallest absolute Gasteiger partial charge is 0.270 e. The number of rotatable bonds is 6. The van der Waals surface area contributed by atoms with Crippen molar-refractivity contribution in [2.24, 2.45) is 5.92 Å². The van der Waals surface area contributed by atoms with Gasteiger partial charge in [0.05, 0.1) is 18.2 Å². The molecular formula is C22H25ClN2O3. The second-order valence-electron chi connectivity index (χ2n) is 7.81. The van der Waals surface area contributed by atoms with Gasteiger partial charge in [-0.1, -0.05) is 29.8 Å². The maximum absolute atomic E-state index is 12.5. The zero-order valence-electron chi connectivity index (χ0n) is 15.6. The molecule has 0 spiro atoms. The summed E-state index contributed by atoms with van der Waals surface area (Å²) in [5.41, 5.74) is 1.46. The third-order valence-corrected chi connectivity index (χ3v) is 5.90. The summed E-state index contributed by atoms with van der Waals surface area (Å²) in [6.45, 7) is 0.742. The first-order valence-corrected chi connectivity index (χ1v) is 10.2. The van der Waals surface area contributed by atoms with Gasteiger partial charge in [-0.2, -0.15) is 0 Å². The van der Waals surface area contributed by atoms with E-state index in [1.807, 2.05) is 24.3 Å². The normalized spacial score (nSPS) is 27.4. The SMILES string of the molecule is O=C(N[C@@H]1CC(OCC2CC2)C(c2ccc(Cl)cc2)C[C@@H]1O)c1ccccn1. The van der Waals surface area contributed by atoms with E-state index in [1.54, 1.807) is 24.4 Å². The highest BCUT2D eigenvalue weighted by atomic mass is 35.5. The number of ether oxygens (including phenoxy) is 1. The fourth-order valence-electron chi connectivity index (χ4n) is 3.83. The number of carbonyl (C=O) groups excluding carboxylic acids is 1. The molecule has 2 fully saturated rings. The molecule has 2 unspecified atom stereocenters. The average Bonchev–Trinajstić information content (AvgIpc) is 3.54. The Morgan fingerprint density at radius 2 is 1.96 bits per heavy atom. The summed E-state index contributed by atoms with van der Waals surface area (Å²) in [5.74, 6) is 0.462. The zero-order chi connectivity index (χ0) is 19.5. The molecular weight excluding hydrogens is 376 g/mol. The van der Waals surface area contributed by atoms with Crippen molar-refractivity contribution in [1.29, 1.82) is 0 Å². The molecule has 2 aliphatic carbocycles. The number of aliphatic hydroxyl groups is 1. The Kier molecular flexibility index (Phi) is 5.95. The van der Waals surface area contributed by atoms with E-state index in [1.165, 1.54) is 12.8 Å². The van der Waals surface area contributed by atoms with E-state index in [0.29, 0.717) is 29.5 Å². The highest BCUT2D eigenvalue weighted by molar-refractivity contribution is 6.30. The highest BCUT2D eigenvalue weighted by Crippen LogP contribution is 2.38. The van der Waals surface area contributed by atoms with Crippen molar-refractivity contribution in [3.8, 4) is 0 Å². The average molecular weight is 401 g/mol. The topological polar surface area (TPSA) is 71.5 Å². The fraction of sp³-hybridized carbons (Fsp3) is 0.455. The van der Waals surface area contributed by atoms with Crippen molar-refractivity contribution >= 4 is 17.5 Å². The molecule has 1 amide bonds. The van der Waals surface area contributed by atoms with E-state index in [4.69, 9.17) is 16.3 Å². The van der Waals surface area contributed by atoms with Gasteiger partial charge in [-0.15, -0.1) is 0 Å². The summed E-state index contributed by atoms with van der Waals surface area (Å²) in [7, 11) is 0. The van der Waals surface area contributed by atoms with Gasteiger partial charge < -0.3 is 15.2 Å². The number of benzene rings is 1. The molecule has 4 atom stereocenters. The fourth-order valence-corrected chi connectivity index (χ4v) is 3.96. The number of halogens is 1. The van der Waals surface area contributed by atoms with Crippen molar-refractivity contribution in [2.75, 3.05) is 6.61 Å². The van der Waals surface area contributed by atoms with Crippen LogP contribution in [0.2, 0.25) is 5.02 Å². The summed E-state index contributed by atoms with van der Waals surface area (Å²) in [6.07, 6.45) is 4.43. The Bertz CT molecular complexity index is 795. The molecule has 1 heterocycles. The number of aromatic nitrogens is 1. The summed E-state index contributed by atoms with van der Waals surface area (Å²) < 4.78 is 6.26. The number of hydrogen-bond donors (Lipinski definition) is 2. The van der Waals surface area contributed by atoms with Crippen LogP contribution in [0.5, 0.6) is 0 Å². The molecule has 6 heteroatoms. The molecule has 1 aromatic carbocycles. The van der Waals surface area contributed by atoms with Gasteiger partial charge in [0.25, 0.3) is 5.91 Å². The molecule has 2 aliphatic rings. The van der Waals surface area contributed by atoms with Gasteiger partial charge in [-0.25, -0.2) is 0 Å². The largest absolute Gasteiger partial charge is 0.391 e. The molecule has 0 radical (unpaired) electrons. The minimum atomic E-state index is -0.644. The lowest BCUT2D eigenvalue weighted by atomic mass is 9.77. The minimum Gasteiger partial charge on any atom is -0.391 e. The molecule has 1 aromatic heterocycles. The Morgan fingerprint density at radius 3 is 2.64 bits per heavy atom. The van der Waals surface area contributed by atoms with Gasteiger partial charge in [0.1, 0.15) is 5.69 Å². The first-order chi connectivity index (χ1) is 13.6. The van der Waals surface area contributed by atoms with E-state index in [9.17, 15) is 9.90 Å². The van der Waals surface area contributed by atoms with Crippen molar-refractivity contribution < 1.29 is 14.6 Å². The number of hydrogen-bond acceptors (Lipinski definition) is 4. The number of carbonyl (C=O) groups is 1. The van der Waals surface area contributed by atoms with Crippen molar-refractivity contribution in [1.82, 2.24) is 10.3 Å². The molecule has 148 valence electrons. The van der Waals surface area contributed by atoms with E-state index >= 15 is 0 Å².